The van der Waals surface area contributed by atoms with Gasteiger partial charge in [0, 0.05) is 18.4 Å². The minimum atomic E-state index is -0.969. The Kier molecular flexibility index (Phi) is 4.90. The Hall–Kier alpha value is -2.83. The average molecular weight is 481 g/mol. The van der Waals surface area contributed by atoms with E-state index >= 15 is 0 Å². The summed E-state index contributed by atoms with van der Waals surface area (Å²) in [5, 5.41) is 0.726. The molecule has 7 rings (SSSR count). The predicted molar refractivity (Wildman–Crippen MR) is 127 cm³/mol. The first-order chi connectivity index (χ1) is 16.5. The van der Waals surface area contributed by atoms with Gasteiger partial charge in [-0.3, -0.25) is 9.59 Å². The lowest BCUT2D eigenvalue weighted by atomic mass is 9.49. The second-order valence-corrected chi connectivity index (χ2v) is 11.9. The van der Waals surface area contributed by atoms with E-state index in [1.807, 2.05) is 32.9 Å². The van der Waals surface area contributed by atoms with Crippen LogP contribution in [0.3, 0.4) is 0 Å². The fraction of sp³-hybridized carbons (Fsp3) is 0.607. The van der Waals surface area contributed by atoms with Gasteiger partial charge in [-0.25, -0.2) is 4.79 Å². The van der Waals surface area contributed by atoms with Crippen molar-refractivity contribution in [3.8, 4) is 5.75 Å². The third-order valence-electron chi connectivity index (χ3n) is 8.73. The molecule has 2 aromatic rings. The van der Waals surface area contributed by atoms with Crippen LogP contribution in [-0.4, -0.2) is 23.6 Å². The van der Waals surface area contributed by atoms with Crippen molar-refractivity contribution in [2.75, 3.05) is 0 Å². The molecule has 0 saturated heterocycles. The van der Waals surface area contributed by atoms with Gasteiger partial charge in [0.25, 0.3) is 0 Å². The van der Waals surface area contributed by atoms with E-state index in [1.165, 1.54) is 32.3 Å². The van der Waals surface area contributed by atoms with E-state index in [-0.39, 0.29) is 5.97 Å². The summed E-state index contributed by atoms with van der Waals surface area (Å²) in [5.41, 5.74) is -0.444. The van der Waals surface area contributed by atoms with Gasteiger partial charge in [-0.15, -0.1) is 0 Å². The molecule has 186 valence electrons. The zero-order chi connectivity index (χ0) is 24.7. The van der Waals surface area contributed by atoms with Crippen LogP contribution in [-0.2, 0) is 19.1 Å². The Morgan fingerprint density at radius 3 is 2.23 bits per heavy atom. The Morgan fingerprint density at radius 2 is 1.63 bits per heavy atom. The van der Waals surface area contributed by atoms with Crippen LogP contribution in [0.15, 0.2) is 27.4 Å². The van der Waals surface area contributed by atoms with Gasteiger partial charge in [-0.2, -0.15) is 0 Å². The Balaban J connectivity index is 1.47. The van der Waals surface area contributed by atoms with Crippen LogP contribution in [0, 0.1) is 30.1 Å². The highest BCUT2D eigenvalue weighted by molar-refractivity contribution is 5.86. The van der Waals surface area contributed by atoms with Gasteiger partial charge in [0.15, 0.2) is 12.2 Å². The second kappa shape index (κ2) is 7.58. The summed E-state index contributed by atoms with van der Waals surface area (Å²) in [6.07, 6.45) is 4.37. The highest BCUT2D eigenvalue weighted by atomic mass is 16.6. The maximum Gasteiger partial charge on any atom is 0.336 e. The SMILES string of the molecule is CC(=O)O[C@@H]1[C@H](OC(=O)C23CC4CC(CC(C4)C2)C3)c2c(ccc3c(C)cc(=O)oc23)OC1(C)C. The molecule has 2 atom stereocenters. The van der Waals surface area contributed by atoms with Crippen molar-refractivity contribution in [2.24, 2.45) is 23.2 Å². The summed E-state index contributed by atoms with van der Waals surface area (Å²) >= 11 is 0. The normalized spacial score (nSPS) is 34.2. The Morgan fingerprint density at radius 1 is 1.00 bits per heavy atom. The highest BCUT2D eigenvalue weighted by Crippen LogP contribution is 2.61. The third kappa shape index (κ3) is 3.57. The first-order valence-electron chi connectivity index (χ1n) is 12.7. The van der Waals surface area contributed by atoms with E-state index < -0.39 is 34.8 Å². The van der Waals surface area contributed by atoms with E-state index in [9.17, 15) is 14.4 Å². The Labute approximate surface area is 204 Å². The van der Waals surface area contributed by atoms with Crippen molar-refractivity contribution in [1.82, 2.24) is 0 Å². The quantitative estimate of drug-likeness (QED) is 0.451. The number of fused-ring (bicyclic) bond motifs is 3. The monoisotopic (exact) mass is 480 g/mol. The molecule has 5 aliphatic rings. The molecular weight excluding hydrogens is 448 g/mol. The number of hydrogen-bond acceptors (Lipinski definition) is 7. The summed E-state index contributed by atoms with van der Waals surface area (Å²) in [6, 6.07) is 5.08. The Bertz CT molecular complexity index is 1250. The number of carbonyl (C=O) groups is 2. The van der Waals surface area contributed by atoms with E-state index in [2.05, 4.69) is 0 Å². The lowest BCUT2D eigenvalue weighted by Gasteiger charge is -2.55. The number of hydrogen-bond donors (Lipinski definition) is 0. The van der Waals surface area contributed by atoms with Gasteiger partial charge in [0.1, 0.15) is 16.9 Å². The summed E-state index contributed by atoms with van der Waals surface area (Å²) in [4.78, 5) is 38.5. The number of esters is 2. The molecule has 0 spiro atoms. The fourth-order valence-electron chi connectivity index (χ4n) is 7.71. The smallest absolute Gasteiger partial charge is 0.336 e. The van der Waals surface area contributed by atoms with Crippen LogP contribution in [0.1, 0.15) is 76.5 Å². The van der Waals surface area contributed by atoms with Crippen LogP contribution in [0.25, 0.3) is 11.0 Å². The largest absolute Gasteiger partial charge is 0.483 e. The molecule has 1 aliphatic heterocycles. The van der Waals surface area contributed by atoms with E-state index in [0.717, 1.165) is 30.2 Å². The van der Waals surface area contributed by atoms with Crippen LogP contribution in [0.2, 0.25) is 0 Å². The zero-order valence-electron chi connectivity index (χ0n) is 20.7. The third-order valence-corrected chi connectivity index (χ3v) is 8.73. The molecule has 1 aromatic heterocycles. The van der Waals surface area contributed by atoms with Crippen molar-refractivity contribution in [2.45, 2.75) is 84.0 Å². The van der Waals surface area contributed by atoms with Crippen molar-refractivity contribution >= 4 is 22.9 Å². The van der Waals surface area contributed by atoms with Gasteiger partial charge in [-0.05, 0) is 94.7 Å². The zero-order valence-corrected chi connectivity index (χ0v) is 20.7. The van der Waals surface area contributed by atoms with Gasteiger partial charge in [-0.1, -0.05) is 0 Å². The fourth-order valence-corrected chi connectivity index (χ4v) is 7.71. The van der Waals surface area contributed by atoms with E-state index in [0.29, 0.717) is 34.6 Å². The molecule has 4 fully saturated rings. The van der Waals surface area contributed by atoms with Gasteiger partial charge >= 0.3 is 17.6 Å². The van der Waals surface area contributed by atoms with Crippen LogP contribution in [0.4, 0.5) is 0 Å². The second-order valence-electron chi connectivity index (χ2n) is 11.9. The summed E-state index contributed by atoms with van der Waals surface area (Å²) in [6.45, 7) is 6.79. The molecule has 0 unspecified atom stereocenters. The van der Waals surface area contributed by atoms with E-state index in [1.54, 1.807) is 0 Å². The first kappa shape index (κ1) is 22.6. The highest BCUT2D eigenvalue weighted by Gasteiger charge is 2.57. The number of carbonyl (C=O) groups excluding carboxylic acids is 2. The summed E-state index contributed by atoms with van der Waals surface area (Å²) in [5.74, 6) is 1.48. The van der Waals surface area contributed by atoms with Gasteiger partial charge in [0.05, 0.1) is 11.0 Å². The van der Waals surface area contributed by atoms with E-state index in [4.69, 9.17) is 18.6 Å². The number of ether oxygens (including phenoxy) is 3. The van der Waals surface area contributed by atoms with Gasteiger partial charge in [0.2, 0.25) is 0 Å². The summed E-state index contributed by atoms with van der Waals surface area (Å²) in [7, 11) is 0. The number of aryl methyl sites for hydroxylation is 1. The molecule has 0 radical (unpaired) electrons. The standard InChI is InChI=1S/C28H32O7/c1-14-7-21(30)33-23-19(14)5-6-20-22(23)24(25(32-15(2)29)27(3,4)35-20)34-26(31)28-11-16-8-17(12-28)10-18(9-16)13-28/h5-7,16-18,24-25H,8-13H2,1-4H3/t16?,17?,18?,24-,25-,28?/m1/s1. The number of rotatable bonds is 3. The molecule has 7 nitrogen and oxygen atoms in total. The van der Waals surface area contributed by atoms with Crippen molar-refractivity contribution in [3.63, 3.8) is 0 Å². The lowest BCUT2D eigenvalue weighted by molar-refractivity contribution is -0.202. The molecule has 4 saturated carbocycles. The molecule has 4 bridgehead atoms. The molecule has 35 heavy (non-hydrogen) atoms. The molecule has 4 aliphatic carbocycles. The first-order valence-corrected chi connectivity index (χ1v) is 12.7. The molecule has 0 amide bonds. The predicted octanol–water partition coefficient (Wildman–Crippen LogP) is 5.00. The van der Waals surface area contributed by atoms with Crippen molar-refractivity contribution in [3.05, 3.63) is 39.7 Å². The molecule has 0 N–H and O–H groups in total. The van der Waals surface area contributed by atoms with Gasteiger partial charge < -0.3 is 18.6 Å². The van der Waals surface area contributed by atoms with Crippen LogP contribution in [0.5, 0.6) is 5.75 Å². The minimum Gasteiger partial charge on any atom is -0.483 e. The van der Waals surface area contributed by atoms with Crippen molar-refractivity contribution < 1.29 is 28.2 Å². The lowest BCUT2D eigenvalue weighted by Crippen LogP contribution is -2.54. The molecule has 7 heteroatoms. The number of benzene rings is 1. The maximum absolute atomic E-state index is 14.0. The maximum atomic E-state index is 14.0. The molecule has 2 heterocycles. The molecule has 1 aromatic carbocycles. The van der Waals surface area contributed by atoms with Crippen LogP contribution >= 0.6 is 0 Å². The molecular formula is C28H32O7. The topological polar surface area (TPSA) is 92.0 Å². The average Bonchev–Trinajstić information content (AvgIpc) is 2.74. The minimum absolute atomic E-state index is 0.227. The summed E-state index contributed by atoms with van der Waals surface area (Å²) < 4.78 is 24.0. The van der Waals surface area contributed by atoms with Crippen LogP contribution < -0.4 is 10.4 Å². The van der Waals surface area contributed by atoms with Crippen molar-refractivity contribution in [1.29, 1.82) is 0 Å².